The molecule has 0 fully saturated rings. The maximum absolute atomic E-state index is 14.1. The predicted molar refractivity (Wildman–Crippen MR) is 69.2 cm³/mol. The zero-order valence-corrected chi connectivity index (χ0v) is 10.5. The lowest BCUT2D eigenvalue weighted by molar-refractivity contribution is 0.0994. The van der Waals surface area contributed by atoms with Gasteiger partial charge >= 0.3 is 0 Å². The lowest BCUT2D eigenvalue weighted by Gasteiger charge is -2.10. The summed E-state index contributed by atoms with van der Waals surface area (Å²) < 4.78 is 27.7. The second kappa shape index (κ2) is 4.26. The van der Waals surface area contributed by atoms with Crippen molar-refractivity contribution in [1.29, 1.82) is 0 Å². The summed E-state index contributed by atoms with van der Waals surface area (Å²) in [6, 6.07) is 8.34. The Morgan fingerprint density at radius 1 is 0.895 bits per heavy atom. The Bertz CT molecular complexity index is 689. The molecule has 0 aromatic heterocycles. The largest absolute Gasteiger partial charge is 0.294 e. The van der Waals surface area contributed by atoms with E-state index in [1.54, 1.807) is 30.3 Å². The monoisotopic (exact) mass is 258 g/mol. The van der Waals surface area contributed by atoms with E-state index in [0.717, 1.165) is 5.56 Å². The van der Waals surface area contributed by atoms with Gasteiger partial charge in [-0.1, -0.05) is 30.3 Å². The summed E-state index contributed by atoms with van der Waals surface area (Å²) in [5.41, 5.74) is 2.60. The minimum absolute atomic E-state index is 0.0739. The van der Waals surface area contributed by atoms with Crippen molar-refractivity contribution in [3.63, 3.8) is 0 Å². The van der Waals surface area contributed by atoms with Crippen molar-refractivity contribution >= 4 is 5.78 Å². The standard InChI is InChI=1S/C16H12F2O/c1-9-5-6-13(16(18)15(9)17)10-3-2-4-12-11(10)7-8-14(12)19/h2-6H,7-8H2,1H3. The van der Waals surface area contributed by atoms with Crippen LogP contribution >= 0.6 is 0 Å². The zero-order valence-electron chi connectivity index (χ0n) is 10.5. The molecule has 2 aromatic rings. The van der Waals surface area contributed by atoms with Crippen LogP contribution in [0.5, 0.6) is 0 Å². The van der Waals surface area contributed by atoms with Crippen molar-refractivity contribution in [2.75, 3.05) is 0 Å². The van der Waals surface area contributed by atoms with Gasteiger partial charge < -0.3 is 0 Å². The van der Waals surface area contributed by atoms with Crippen LogP contribution in [0.25, 0.3) is 11.1 Å². The number of halogens is 2. The van der Waals surface area contributed by atoms with Crippen LogP contribution in [0.1, 0.15) is 27.9 Å². The highest BCUT2D eigenvalue weighted by Crippen LogP contribution is 2.34. The van der Waals surface area contributed by atoms with Crippen LogP contribution in [0.4, 0.5) is 8.78 Å². The molecule has 96 valence electrons. The second-order valence-electron chi connectivity index (χ2n) is 4.81. The van der Waals surface area contributed by atoms with Crippen LogP contribution in [-0.2, 0) is 6.42 Å². The van der Waals surface area contributed by atoms with E-state index in [1.165, 1.54) is 6.92 Å². The number of ketones is 1. The molecule has 0 bridgehead atoms. The maximum Gasteiger partial charge on any atom is 0.166 e. The molecule has 0 saturated heterocycles. The van der Waals surface area contributed by atoms with Crippen LogP contribution in [0, 0.1) is 18.6 Å². The first kappa shape index (κ1) is 12.0. The highest BCUT2D eigenvalue weighted by atomic mass is 19.2. The van der Waals surface area contributed by atoms with E-state index in [4.69, 9.17) is 0 Å². The topological polar surface area (TPSA) is 17.1 Å². The third-order valence-electron chi connectivity index (χ3n) is 3.64. The fraction of sp³-hybridized carbons (Fsp3) is 0.188. The Morgan fingerprint density at radius 3 is 2.42 bits per heavy atom. The molecule has 0 radical (unpaired) electrons. The number of hydrogen-bond donors (Lipinski definition) is 0. The first-order valence-electron chi connectivity index (χ1n) is 6.19. The highest BCUT2D eigenvalue weighted by Gasteiger charge is 2.24. The predicted octanol–water partition coefficient (Wildman–Crippen LogP) is 4.07. The molecule has 19 heavy (non-hydrogen) atoms. The number of carbonyl (C=O) groups is 1. The van der Waals surface area contributed by atoms with Crippen LogP contribution in [0.3, 0.4) is 0 Å². The van der Waals surface area contributed by atoms with Crippen LogP contribution in [0.15, 0.2) is 30.3 Å². The third-order valence-corrected chi connectivity index (χ3v) is 3.64. The van der Waals surface area contributed by atoms with Gasteiger partial charge in [-0.05, 0) is 30.0 Å². The number of Topliss-reactive ketones (excluding diaryl/α,β-unsaturated/α-hetero) is 1. The molecular formula is C16H12F2O. The van der Waals surface area contributed by atoms with Gasteiger partial charge in [-0.15, -0.1) is 0 Å². The quantitative estimate of drug-likeness (QED) is 0.753. The Hall–Kier alpha value is -2.03. The van der Waals surface area contributed by atoms with Crippen LogP contribution in [-0.4, -0.2) is 5.78 Å². The van der Waals surface area contributed by atoms with Gasteiger partial charge in [0.05, 0.1) is 0 Å². The molecule has 3 rings (SSSR count). The van der Waals surface area contributed by atoms with E-state index in [1.807, 2.05) is 0 Å². The van der Waals surface area contributed by atoms with Gasteiger partial charge in [0.25, 0.3) is 0 Å². The molecule has 1 aliphatic carbocycles. The summed E-state index contributed by atoms with van der Waals surface area (Å²) in [5.74, 6) is -1.59. The van der Waals surface area contributed by atoms with Gasteiger partial charge in [-0.25, -0.2) is 8.78 Å². The zero-order chi connectivity index (χ0) is 13.6. The number of carbonyl (C=O) groups excluding carboxylic acids is 1. The molecule has 0 spiro atoms. The molecule has 0 aliphatic heterocycles. The highest BCUT2D eigenvalue weighted by molar-refractivity contribution is 6.02. The van der Waals surface area contributed by atoms with Gasteiger partial charge in [0, 0.05) is 17.5 Å². The van der Waals surface area contributed by atoms with Gasteiger partial charge in [0.1, 0.15) is 0 Å². The van der Waals surface area contributed by atoms with E-state index in [2.05, 4.69) is 0 Å². The molecular weight excluding hydrogens is 246 g/mol. The first-order chi connectivity index (χ1) is 9.09. The Kier molecular flexibility index (Phi) is 2.70. The Morgan fingerprint density at radius 2 is 1.63 bits per heavy atom. The third kappa shape index (κ3) is 1.77. The summed E-state index contributed by atoms with van der Waals surface area (Å²) in [7, 11) is 0. The van der Waals surface area contributed by atoms with Gasteiger partial charge in [-0.3, -0.25) is 4.79 Å². The number of hydrogen-bond acceptors (Lipinski definition) is 1. The molecule has 3 heteroatoms. The van der Waals surface area contributed by atoms with E-state index in [-0.39, 0.29) is 16.9 Å². The number of benzene rings is 2. The van der Waals surface area contributed by atoms with Gasteiger partial charge in [-0.2, -0.15) is 0 Å². The SMILES string of the molecule is Cc1ccc(-c2cccc3c2CCC3=O)c(F)c1F. The average Bonchev–Trinajstić information content (AvgIpc) is 2.79. The molecule has 1 aliphatic rings. The van der Waals surface area contributed by atoms with Gasteiger partial charge in [0.2, 0.25) is 0 Å². The number of aryl methyl sites for hydroxylation is 1. The normalized spacial score (nSPS) is 13.7. The van der Waals surface area contributed by atoms with Crippen LogP contribution in [0.2, 0.25) is 0 Å². The van der Waals surface area contributed by atoms with Crippen LogP contribution < -0.4 is 0 Å². The molecule has 0 N–H and O–H groups in total. The van der Waals surface area contributed by atoms with E-state index in [0.29, 0.717) is 24.0 Å². The fourth-order valence-corrected chi connectivity index (χ4v) is 2.60. The van der Waals surface area contributed by atoms with E-state index >= 15 is 0 Å². The molecule has 0 amide bonds. The first-order valence-corrected chi connectivity index (χ1v) is 6.19. The summed E-state index contributed by atoms with van der Waals surface area (Å²) in [6.45, 7) is 1.53. The fourth-order valence-electron chi connectivity index (χ4n) is 2.60. The Labute approximate surface area is 109 Å². The minimum atomic E-state index is -0.840. The maximum atomic E-state index is 14.1. The molecule has 0 atom stereocenters. The summed E-state index contributed by atoms with van der Waals surface area (Å²) in [4.78, 5) is 11.7. The van der Waals surface area contributed by atoms with E-state index in [9.17, 15) is 13.6 Å². The Balaban J connectivity index is 2.25. The molecule has 0 heterocycles. The molecule has 0 unspecified atom stereocenters. The summed E-state index contributed by atoms with van der Waals surface area (Å²) in [5, 5.41) is 0. The summed E-state index contributed by atoms with van der Waals surface area (Å²) >= 11 is 0. The van der Waals surface area contributed by atoms with Crippen molar-refractivity contribution in [2.24, 2.45) is 0 Å². The minimum Gasteiger partial charge on any atom is -0.294 e. The summed E-state index contributed by atoms with van der Waals surface area (Å²) in [6.07, 6.45) is 1.04. The van der Waals surface area contributed by atoms with Crippen molar-refractivity contribution in [3.05, 3.63) is 58.7 Å². The van der Waals surface area contributed by atoms with Gasteiger partial charge in [0.15, 0.2) is 17.4 Å². The van der Waals surface area contributed by atoms with Crippen molar-refractivity contribution in [1.82, 2.24) is 0 Å². The van der Waals surface area contributed by atoms with Crippen molar-refractivity contribution in [2.45, 2.75) is 19.8 Å². The average molecular weight is 258 g/mol. The smallest absolute Gasteiger partial charge is 0.166 e. The van der Waals surface area contributed by atoms with E-state index < -0.39 is 11.6 Å². The lowest BCUT2D eigenvalue weighted by Crippen LogP contribution is -1.97. The second-order valence-corrected chi connectivity index (χ2v) is 4.81. The number of rotatable bonds is 1. The molecule has 0 saturated carbocycles. The number of fused-ring (bicyclic) bond motifs is 1. The van der Waals surface area contributed by atoms with Crippen molar-refractivity contribution < 1.29 is 13.6 Å². The van der Waals surface area contributed by atoms with Crippen molar-refractivity contribution in [3.8, 4) is 11.1 Å². The lowest BCUT2D eigenvalue weighted by atomic mass is 9.95. The molecule has 1 nitrogen and oxygen atoms in total. The molecule has 2 aromatic carbocycles.